The van der Waals surface area contributed by atoms with E-state index < -0.39 is 10.1 Å². The van der Waals surface area contributed by atoms with E-state index in [9.17, 15) is 8.42 Å². The number of rotatable bonds is 7. The monoisotopic (exact) mass is 259 g/mol. The van der Waals surface area contributed by atoms with Gasteiger partial charge in [0.1, 0.15) is 0 Å². The van der Waals surface area contributed by atoms with Crippen LogP contribution < -0.4 is 5.32 Å². The molecule has 0 rings (SSSR count). The molecule has 0 fully saturated rings. The molecule has 0 aliphatic heterocycles. The molecule has 0 unspecified atom stereocenters. The SMILES string of the molecule is CCCCCCCCS(=O)(=O)O.CNC.F. The Kier molecular flexibility index (Phi) is 19.5. The Balaban J connectivity index is -0.000000377. The van der Waals surface area contributed by atoms with E-state index in [4.69, 9.17) is 4.55 Å². The molecule has 0 aromatic rings. The van der Waals surface area contributed by atoms with Crippen molar-refractivity contribution in [2.45, 2.75) is 45.4 Å². The quantitative estimate of drug-likeness (QED) is 0.543. The highest BCUT2D eigenvalue weighted by Crippen LogP contribution is 2.05. The lowest BCUT2D eigenvalue weighted by atomic mass is 10.1. The lowest BCUT2D eigenvalue weighted by Crippen LogP contribution is -2.03. The molecular formula is C10H26FNO3S. The third-order valence-corrected chi connectivity index (χ3v) is 2.56. The molecule has 0 heterocycles. The van der Waals surface area contributed by atoms with Crippen LogP contribution in [0.4, 0.5) is 4.70 Å². The molecule has 102 valence electrons. The van der Waals surface area contributed by atoms with Crippen molar-refractivity contribution in [2.24, 2.45) is 0 Å². The average molecular weight is 259 g/mol. The van der Waals surface area contributed by atoms with E-state index in [1.165, 1.54) is 19.3 Å². The summed E-state index contributed by atoms with van der Waals surface area (Å²) in [6, 6.07) is 0. The van der Waals surface area contributed by atoms with Crippen LogP contribution in [0.15, 0.2) is 0 Å². The van der Waals surface area contributed by atoms with Crippen LogP contribution in [0, 0.1) is 0 Å². The van der Waals surface area contributed by atoms with Gasteiger partial charge in [-0.3, -0.25) is 9.26 Å². The van der Waals surface area contributed by atoms with Gasteiger partial charge in [0.25, 0.3) is 10.1 Å². The summed E-state index contributed by atoms with van der Waals surface area (Å²) in [5.41, 5.74) is 0. The Morgan fingerprint density at radius 2 is 1.38 bits per heavy atom. The van der Waals surface area contributed by atoms with Crippen molar-refractivity contribution in [3.63, 3.8) is 0 Å². The smallest absolute Gasteiger partial charge is 0.264 e. The van der Waals surface area contributed by atoms with E-state index >= 15 is 0 Å². The second-order valence-corrected chi connectivity index (χ2v) is 5.13. The van der Waals surface area contributed by atoms with Gasteiger partial charge in [-0.2, -0.15) is 8.42 Å². The van der Waals surface area contributed by atoms with Gasteiger partial charge in [-0.15, -0.1) is 0 Å². The van der Waals surface area contributed by atoms with E-state index in [0.717, 1.165) is 12.8 Å². The van der Waals surface area contributed by atoms with E-state index in [0.29, 0.717) is 6.42 Å². The topological polar surface area (TPSA) is 66.4 Å². The summed E-state index contributed by atoms with van der Waals surface area (Å²) in [4.78, 5) is 0. The first-order valence-electron chi connectivity index (χ1n) is 5.51. The predicted octanol–water partition coefficient (Wildman–Crippen LogP) is 2.22. The molecule has 0 atom stereocenters. The Morgan fingerprint density at radius 3 is 1.75 bits per heavy atom. The normalized spacial score (nSPS) is 10.0. The second kappa shape index (κ2) is 14.8. The zero-order valence-electron chi connectivity index (χ0n) is 10.5. The van der Waals surface area contributed by atoms with Crippen LogP contribution in [0.25, 0.3) is 0 Å². The predicted molar refractivity (Wildman–Crippen MR) is 67.3 cm³/mol. The van der Waals surface area contributed by atoms with Gasteiger partial charge in [0.05, 0.1) is 5.75 Å². The standard InChI is InChI=1S/C8H18O3S.C2H7N.FH/c1-2-3-4-5-6-7-8-12(9,10)11;1-3-2;/h2-8H2,1H3,(H,9,10,11);3H,1-2H3;1H. The van der Waals surface area contributed by atoms with Crippen LogP contribution in [-0.2, 0) is 10.1 Å². The van der Waals surface area contributed by atoms with Gasteiger partial charge in [0, 0.05) is 0 Å². The van der Waals surface area contributed by atoms with Crippen molar-refractivity contribution in [1.82, 2.24) is 5.32 Å². The Morgan fingerprint density at radius 1 is 1.00 bits per heavy atom. The van der Waals surface area contributed by atoms with Gasteiger partial charge >= 0.3 is 0 Å². The van der Waals surface area contributed by atoms with E-state index in [1.807, 2.05) is 14.1 Å². The molecular weight excluding hydrogens is 233 g/mol. The van der Waals surface area contributed by atoms with Crippen LogP contribution in [0.2, 0.25) is 0 Å². The number of unbranched alkanes of at least 4 members (excludes halogenated alkanes) is 5. The number of hydrogen-bond acceptors (Lipinski definition) is 3. The third kappa shape index (κ3) is 29.2. The summed E-state index contributed by atoms with van der Waals surface area (Å²) in [6.45, 7) is 2.14. The molecule has 0 radical (unpaired) electrons. The van der Waals surface area contributed by atoms with E-state index in [-0.39, 0.29) is 10.5 Å². The van der Waals surface area contributed by atoms with Crippen molar-refractivity contribution in [3.8, 4) is 0 Å². The van der Waals surface area contributed by atoms with Gasteiger partial charge in [-0.1, -0.05) is 39.0 Å². The maximum atomic E-state index is 10.3. The molecule has 0 aliphatic rings. The van der Waals surface area contributed by atoms with Crippen molar-refractivity contribution < 1.29 is 17.7 Å². The number of nitrogens with one attached hydrogen (secondary N) is 1. The van der Waals surface area contributed by atoms with Crippen LogP contribution in [0.3, 0.4) is 0 Å². The zero-order chi connectivity index (χ0) is 12.2. The van der Waals surface area contributed by atoms with E-state index in [1.54, 1.807) is 0 Å². The Bertz CT molecular complexity index is 208. The summed E-state index contributed by atoms with van der Waals surface area (Å²) in [5.74, 6) is -0.0842. The maximum absolute atomic E-state index is 10.3. The molecule has 0 saturated heterocycles. The van der Waals surface area contributed by atoms with E-state index in [2.05, 4.69) is 12.2 Å². The minimum Gasteiger partial charge on any atom is -0.323 e. The fourth-order valence-corrected chi connectivity index (χ4v) is 1.63. The Hall–Kier alpha value is -0.200. The molecule has 0 amide bonds. The first kappa shape index (κ1) is 21.1. The van der Waals surface area contributed by atoms with Crippen molar-refractivity contribution in [1.29, 1.82) is 0 Å². The summed E-state index contributed by atoms with van der Waals surface area (Å²) < 4.78 is 28.9. The van der Waals surface area contributed by atoms with Gasteiger partial charge in [0.15, 0.2) is 0 Å². The average Bonchev–Trinajstić information content (AvgIpc) is 2.11. The molecule has 2 N–H and O–H groups in total. The van der Waals surface area contributed by atoms with Crippen molar-refractivity contribution >= 4 is 10.1 Å². The minimum absolute atomic E-state index is 0. The fourth-order valence-electron chi connectivity index (χ4n) is 1.06. The highest BCUT2D eigenvalue weighted by molar-refractivity contribution is 7.85. The van der Waals surface area contributed by atoms with Crippen LogP contribution in [0.1, 0.15) is 45.4 Å². The summed E-state index contributed by atoms with van der Waals surface area (Å²) in [5, 5.41) is 2.75. The van der Waals surface area contributed by atoms with Gasteiger partial charge in [0.2, 0.25) is 0 Å². The summed E-state index contributed by atoms with van der Waals surface area (Å²) in [6.07, 6.45) is 6.14. The minimum atomic E-state index is -3.72. The highest BCUT2D eigenvalue weighted by atomic mass is 32.2. The molecule has 0 aliphatic carbocycles. The Labute approximate surface area is 98.9 Å². The summed E-state index contributed by atoms with van der Waals surface area (Å²) in [7, 11) is 0.0331. The first-order chi connectivity index (χ1) is 6.97. The first-order valence-corrected chi connectivity index (χ1v) is 7.12. The van der Waals surface area contributed by atoms with Crippen LogP contribution in [-0.4, -0.2) is 32.8 Å². The van der Waals surface area contributed by atoms with Gasteiger partial charge in [-0.25, -0.2) is 0 Å². The second-order valence-electron chi connectivity index (χ2n) is 3.55. The van der Waals surface area contributed by atoms with Gasteiger partial charge < -0.3 is 5.32 Å². The van der Waals surface area contributed by atoms with Crippen molar-refractivity contribution in [2.75, 3.05) is 19.8 Å². The largest absolute Gasteiger partial charge is 0.323 e. The maximum Gasteiger partial charge on any atom is 0.264 e. The summed E-state index contributed by atoms with van der Waals surface area (Å²) >= 11 is 0. The fraction of sp³-hybridized carbons (Fsp3) is 1.00. The lowest BCUT2D eigenvalue weighted by molar-refractivity contribution is 0.478. The molecule has 0 saturated carbocycles. The van der Waals surface area contributed by atoms with Crippen molar-refractivity contribution in [3.05, 3.63) is 0 Å². The van der Waals surface area contributed by atoms with Crippen LogP contribution in [0.5, 0.6) is 0 Å². The zero-order valence-corrected chi connectivity index (χ0v) is 11.3. The molecule has 16 heavy (non-hydrogen) atoms. The molecule has 6 heteroatoms. The number of hydrogen-bond donors (Lipinski definition) is 2. The third-order valence-electron chi connectivity index (χ3n) is 1.76. The highest BCUT2D eigenvalue weighted by Gasteiger charge is 2.02. The molecule has 0 aromatic heterocycles. The molecule has 4 nitrogen and oxygen atoms in total. The van der Waals surface area contributed by atoms with Crippen LogP contribution >= 0.6 is 0 Å². The number of halogens is 1. The van der Waals surface area contributed by atoms with Gasteiger partial charge in [-0.05, 0) is 20.5 Å². The molecule has 0 aromatic carbocycles. The lowest BCUT2D eigenvalue weighted by Gasteiger charge is -1.98. The molecule has 0 bridgehead atoms. The molecule has 0 spiro atoms.